The molecule has 17 heavy (non-hydrogen) atoms. The molecule has 92 valence electrons. The van der Waals surface area contributed by atoms with E-state index < -0.39 is 5.60 Å². The Bertz CT molecular complexity index is 623. The van der Waals surface area contributed by atoms with Crippen LogP contribution in [0.3, 0.4) is 0 Å². The maximum atomic E-state index is 12.2. The van der Waals surface area contributed by atoms with Crippen LogP contribution in [-0.4, -0.2) is 30.0 Å². The minimum absolute atomic E-state index is 0.191. The summed E-state index contributed by atoms with van der Waals surface area (Å²) in [7, 11) is 1.72. The lowest BCUT2D eigenvalue weighted by atomic mass is 10.1. The van der Waals surface area contributed by atoms with Gasteiger partial charge in [0.2, 0.25) is 0 Å². The third kappa shape index (κ3) is 2.25. The van der Waals surface area contributed by atoms with Crippen LogP contribution in [0.4, 0.5) is 0 Å². The Balaban J connectivity index is 2.66. The van der Waals surface area contributed by atoms with Crippen molar-refractivity contribution in [2.75, 3.05) is 0 Å². The van der Waals surface area contributed by atoms with Gasteiger partial charge in [-0.2, -0.15) is 5.10 Å². The van der Waals surface area contributed by atoms with E-state index >= 15 is 0 Å². The van der Waals surface area contributed by atoms with Gasteiger partial charge < -0.3 is 5.11 Å². The largest absolute Gasteiger partial charge is 0.389 e. The topological polar surface area (TPSA) is 72.9 Å². The number of aliphatic hydroxyl groups is 1. The highest BCUT2D eigenvalue weighted by molar-refractivity contribution is 9.10. The van der Waals surface area contributed by atoms with Crippen molar-refractivity contribution in [3.63, 3.8) is 0 Å². The van der Waals surface area contributed by atoms with Crippen LogP contribution >= 0.6 is 15.9 Å². The number of rotatable bonds is 2. The molecule has 0 radical (unpaired) electrons. The molecule has 0 atom stereocenters. The van der Waals surface area contributed by atoms with Crippen molar-refractivity contribution >= 4 is 27.0 Å². The summed E-state index contributed by atoms with van der Waals surface area (Å²) in [5, 5.41) is 14.2. The molecule has 0 saturated carbocycles. The van der Waals surface area contributed by atoms with E-state index in [2.05, 4.69) is 26.0 Å². The molecule has 1 N–H and O–H groups in total. The van der Waals surface area contributed by atoms with Gasteiger partial charge in [0.1, 0.15) is 16.3 Å². The summed E-state index contributed by atoms with van der Waals surface area (Å²) < 4.78 is 3.39. The van der Waals surface area contributed by atoms with Crippen LogP contribution in [0, 0.1) is 0 Å². The molecule has 0 bridgehead atoms. The minimum Gasteiger partial charge on any atom is -0.389 e. The van der Waals surface area contributed by atoms with Gasteiger partial charge in [-0.25, -0.2) is 9.67 Å². The Kier molecular flexibility index (Phi) is 2.82. The normalized spacial score (nSPS) is 12.3. The Morgan fingerprint density at radius 2 is 2.18 bits per heavy atom. The lowest BCUT2D eigenvalue weighted by Gasteiger charge is -2.17. The van der Waals surface area contributed by atoms with Gasteiger partial charge >= 0.3 is 0 Å². The van der Waals surface area contributed by atoms with Crippen molar-refractivity contribution in [2.24, 2.45) is 7.05 Å². The van der Waals surface area contributed by atoms with Gasteiger partial charge in [0.15, 0.2) is 5.65 Å². The maximum absolute atomic E-state index is 12.2. The second kappa shape index (κ2) is 3.92. The first-order valence-electron chi connectivity index (χ1n) is 5.09. The average molecular weight is 301 g/mol. The van der Waals surface area contributed by atoms with Crippen LogP contribution < -0.4 is 5.56 Å². The Morgan fingerprint density at radius 3 is 2.76 bits per heavy atom. The van der Waals surface area contributed by atoms with Gasteiger partial charge in [-0.1, -0.05) is 0 Å². The number of aryl methyl sites for hydroxylation is 1. The van der Waals surface area contributed by atoms with Crippen LogP contribution in [-0.2, 0) is 13.6 Å². The van der Waals surface area contributed by atoms with Crippen molar-refractivity contribution in [3.8, 4) is 0 Å². The number of halogens is 1. The number of nitrogens with zero attached hydrogens (tertiary/aromatic N) is 4. The lowest BCUT2D eigenvalue weighted by molar-refractivity contribution is 0.0603. The third-order valence-corrected chi connectivity index (χ3v) is 2.88. The van der Waals surface area contributed by atoms with E-state index in [-0.39, 0.29) is 12.1 Å². The van der Waals surface area contributed by atoms with E-state index in [9.17, 15) is 9.90 Å². The van der Waals surface area contributed by atoms with Crippen molar-refractivity contribution in [1.82, 2.24) is 19.3 Å². The van der Waals surface area contributed by atoms with Crippen molar-refractivity contribution in [3.05, 3.63) is 21.3 Å². The molecule has 0 saturated heterocycles. The Morgan fingerprint density at radius 1 is 1.53 bits per heavy atom. The molecule has 0 aliphatic rings. The number of hydrogen-bond acceptors (Lipinski definition) is 4. The third-order valence-electron chi connectivity index (χ3n) is 2.33. The van der Waals surface area contributed by atoms with Crippen LogP contribution in [0.1, 0.15) is 13.8 Å². The van der Waals surface area contributed by atoms with Crippen molar-refractivity contribution in [2.45, 2.75) is 26.0 Å². The zero-order chi connectivity index (χ0) is 12.8. The Labute approximate surface area is 106 Å². The summed E-state index contributed by atoms with van der Waals surface area (Å²) in [4.78, 5) is 16.3. The first-order valence-corrected chi connectivity index (χ1v) is 5.89. The van der Waals surface area contributed by atoms with Gasteiger partial charge in [-0.15, -0.1) is 0 Å². The molecule has 2 aromatic rings. The van der Waals surface area contributed by atoms with Gasteiger partial charge in [-0.05, 0) is 29.8 Å². The molecule has 2 rings (SSSR count). The summed E-state index contributed by atoms with van der Waals surface area (Å²) in [6, 6.07) is 0. The number of fused-ring (bicyclic) bond motifs is 1. The monoisotopic (exact) mass is 300 g/mol. The molecule has 0 fully saturated rings. The SMILES string of the molecule is Cn1nc(Br)c2c(=O)n(CC(C)(C)O)cnc21. The van der Waals surface area contributed by atoms with E-state index in [0.29, 0.717) is 15.6 Å². The molecule has 0 spiro atoms. The fourth-order valence-corrected chi connectivity index (χ4v) is 2.25. The highest BCUT2D eigenvalue weighted by Gasteiger charge is 2.18. The Hall–Kier alpha value is -1.21. The number of hydrogen-bond donors (Lipinski definition) is 1. The second-order valence-corrected chi connectivity index (χ2v) is 5.35. The smallest absolute Gasteiger partial charge is 0.265 e. The van der Waals surface area contributed by atoms with E-state index in [4.69, 9.17) is 0 Å². The second-order valence-electron chi connectivity index (χ2n) is 4.60. The van der Waals surface area contributed by atoms with E-state index in [0.717, 1.165) is 0 Å². The highest BCUT2D eigenvalue weighted by atomic mass is 79.9. The zero-order valence-corrected chi connectivity index (χ0v) is 11.4. The quantitative estimate of drug-likeness (QED) is 0.884. The molecule has 0 unspecified atom stereocenters. The zero-order valence-electron chi connectivity index (χ0n) is 9.81. The maximum Gasteiger partial charge on any atom is 0.265 e. The summed E-state index contributed by atoms with van der Waals surface area (Å²) in [5.74, 6) is 0. The molecule has 2 aromatic heterocycles. The molecule has 0 aliphatic heterocycles. The van der Waals surface area contributed by atoms with Crippen LogP contribution in [0.2, 0.25) is 0 Å². The fraction of sp³-hybridized carbons (Fsp3) is 0.500. The van der Waals surface area contributed by atoms with E-state index in [1.807, 2.05) is 0 Å². The van der Waals surface area contributed by atoms with Crippen molar-refractivity contribution < 1.29 is 5.11 Å². The van der Waals surface area contributed by atoms with Crippen LogP contribution in [0.25, 0.3) is 11.0 Å². The van der Waals surface area contributed by atoms with Gasteiger partial charge in [-0.3, -0.25) is 9.36 Å². The van der Waals surface area contributed by atoms with Crippen molar-refractivity contribution in [1.29, 1.82) is 0 Å². The lowest BCUT2D eigenvalue weighted by Crippen LogP contribution is -2.32. The molecule has 7 heteroatoms. The number of aromatic nitrogens is 4. The van der Waals surface area contributed by atoms with E-state index in [1.54, 1.807) is 20.9 Å². The first kappa shape index (κ1) is 12.3. The predicted octanol–water partition coefficient (Wildman–Crippen LogP) is 0.663. The molecule has 0 aliphatic carbocycles. The summed E-state index contributed by atoms with van der Waals surface area (Å²) in [5.41, 5.74) is -0.653. The first-order chi connectivity index (χ1) is 7.79. The molecule has 0 aromatic carbocycles. The fourth-order valence-electron chi connectivity index (χ4n) is 1.67. The van der Waals surface area contributed by atoms with Crippen LogP contribution in [0.15, 0.2) is 15.7 Å². The van der Waals surface area contributed by atoms with Crippen LogP contribution in [0.5, 0.6) is 0 Å². The molecule has 6 nitrogen and oxygen atoms in total. The molecule has 2 heterocycles. The molecular formula is C10H13BrN4O2. The molecule has 0 amide bonds. The standard InChI is InChI=1S/C10H13BrN4O2/c1-10(2,17)4-15-5-12-8-6(9(15)16)7(11)13-14(8)3/h5,17H,4H2,1-3H3. The van der Waals surface area contributed by atoms with Gasteiger partial charge in [0.05, 0.1) is 12.1 Å². The summed E-state index contributed by atoms with van der Waals surface area (Å²) >= 11 is 3.23. The van der Waals surface area contributed by atoms with E-state index in [1.165, 1.54) is 15.6 Å². The predicted molar refractivity (Wildman–Crippen MR) is 66.8 cm³/mol. The average Bonchev–Trinajstić information content (AvgIpc) is 2.45. The summed E-state index contributed by atoms with van der Waals surface area (Å²) in [6.45, 7) is 3.47. The minimum atomic E-state index is -0.964. The van der Waals surface area contributed by atoms with Gasteiger partial charge in [0, 0.05) is 7.05 Å². The summed E-state index contributed by atoms with van der Waals surface area (Å²) in [6.07, 6.45) is 1.43. The highest BCUT2D eigenvalue weighted by Crippen LogP contribution is 2.17. The van der Waals surface area contributed by atoms with Gasteiger partial charge in [0.25, 0.3) is 5.56 Å². The molecular weight excluding hydrogens is 288 g/mol.